The number of carboxylic acids is 1. The number of hydrogen-bond acceptors (Lipinski definition) is 6. The van der Waals surface area contributed by atoms with Gasteiger partial charge in [-0.3, -0.25) is 4.79 Å². The van der Waals surface area contributed by atoms with Crippen LogP contribution in [-0.2, 0) is 11.3 Å². The van der Waals surface area contributed by atoms with Gasteiger partial charge in [0.25, 0.3) is 0 Å². The van der Waals surface area contributed by atoms with E-state index in [1.54, 1.807) is 12.1 Å². The first-order valence-corrected chi connectivity index (χ1v) is 8.58. The molecule has 0 spiro atoms. The topological polar surface area (TPSA) is 136 Å². The molecule has 1 amide bonds. The molecule has 0 bridgehead atoms. The maximum Gasteiger partial charge on any atom is 0.353 e. The first-order chi connectivity index (χ1) is 12.9. The van der Waals surface area contributed by atoms with Gasteiger partial charge in [0.2, 0.25) is 11.7 Å². The number of halogens is 1. The fraction of sp³-hybridized carbons (Fsp3) is 0.294. The molecule has 1 heterocycles. The highest BCUT2D eigenvalue weighted by Gasteiger charge is 2.26. The maximum atomic E-state index is 11.5. The van der Waals surface area contributed by atoms with Crippen LogP contribution in [0.2, 0.25) is 0 Å². The van der Waals surface area contributed by atoms with E-state index in [1.165, 1.54) is 21.3 Å². The van der Waals surface area contributed by atoms with Crippen LogP contribution >= 0.6 is 15.9 Å². The molecule has 0 radical (unpaired) electrons. The van der Waals surface area contributed by atoms with Crippen molar-refractivity contribution in [2.45, 2.75) is 6.54 Å². The molecule has 0 aliphatic heterocycles. The molecule has 10 heteroatoms. The lowest BCUT2D eigenvalue weighted by Crippen LogP contribution is -2.30. The van der Waals surface area contributed by atoms with Crippen LogP contribution in [0.25, 0.3) is 11.1 Å². The van der Waals surface area contributed by atoms with E-state index in [2.05, 4.69) is 26.2 Å². The predicted molar refractivity (Wildman–Crippen MR) is 101 cm³/mol. The maximum absolute atomic E-state index is 11.5. The van der Waals surface area contributed by atoms with Crippen molar-refractivity contribution < 1.29 is 28.9 Å². The highest BCUT2D eigenvalue weighted by atomic mass is 79.9. The molecule has 1 aromatic heterocycles. The summed E-state index contributed by atoms with van der Waals surface area (Å²) in [5.74, 6) is -0.345. The largest absolute Gasteiger partial charge is 0.493 e. The summed E-state index contributed by atoms with van der Waals surface area (Å²) < 4.78 is 16.5. The molecular formula is C17H20BrN3O6. The minimum absolute atomic E-state index is 0.0503. The number of ether oxygens (including phenoxy) is 3. The minimum Gasteiger partial charge on any atom is -0.493 e. The summed E-state index contributed by atoms with van der Waals surface area (Å²) in [4.78, 5) is 25.9. The van der Waals surface area contributed by atoms with E-state index in [0.717, 1.165) is 0 Å². The van der Waals surface area contributed by atoms with Crippen molar-refractivity contribution >= 4 is 27.8 Å². The van der Waals surface area contributed by atoms with Crippen molar-refractivity contribution in [2.75, 3.05) is 27.9 Å². The number of nitrogens with one attached hydrogen (secondary N) is 2. The Hall–Kier alpha value is -2.72. The molecule has 0 saturated carbocycles. The Morgan fingerprint density at radius 1 is 1.19 bits per heavy atom. The molecule has 5 N–H and O–H groups in total. The molecule has 0 unspecified atom stereocenters. The van der Waals surface area contributed by atoms with Gasteiger partial charge in [-0.2, -0.15) is 0 Å². The van der Waals surface area contributed by atoms with E-state index in [4.69, 9.17) is 19.9 Å². The predicted octanol–water partition coefficient (Wildman–Crippen LogP) is 1.74. The molecule has 0 fully saturated rings. The van der Waals surface area contributed by atoms with Crippen LogP contribution in [0.3, 0.4) is 0 Å². The van der Waals surface area contributed by atoms with Crippen LogP contribution in [-0.4, -0.2) is 49.8 Å². The van der Waals surface area contributed by atoms with Crippen LogP contribution in [0.5, 0.6) is 17.2 Å². The lowest BCUT2D eigenvalue weighted by molar-refractivity contribution is -0.119. The van der Waals surface area contributed by atoms with E-state index in [0.29, 0.717) is 38.5 Å². The molecule has 2 rings (SSSR count). The number of benzene rings is 1. The second-order valence-electron chi connectivity index (χ2n) is 5.34. The average Bonchev–Trinajstić information content (AvgIpc) is 3.00. The molecule has 1 aromatic carbocycles. The quantitative estimate of drug-likeness (QED) is 0.489. The lowest BCUT2D eigenvalue weighted by Gasteiger charge is -2.16. The Kier molecular flexibility index (Phi) is 6.70. The molecule has 9 nitrogen and oxygen atoms in total. The molecule has 2 aromatic rings. The first-order valence-electron chi connectivity index (χ1n) is 7.79. The van der Waals surface area contributed by atoms with E-state index in [9.17, 15) is 14.7 Å². The molecule has 0 saturated heterocycles. The molecule has 0 aliphatic rings. The lowest BCUT2D eigenvalue weighted by atomic mass is 10.0. The molecule has 0 aliphatic carbocycles. The summed E-state index contributed by atoms with van der Waals surface area (Å²) in [6, 6.07) is 3.40. The van der Waals surface area contributed by atoms with Crippen molar-refractivity contribution in [3.8, 4) is 28.4 Å². The second-order valence-corrected chi connectivity index (χ2v) is 6.13. The highest BCUT2D eigenvalue weighted by Crippen LogP contribution is 2.47. The van der Waals surface area contributed by atoms with Gasteiger partial charge in [0.15, 0.2) is 11.5 Å². The van der Waals surface area contributed by atoms with Crippen molar-refractivity contribution in [3.63, 3.8) is 0 Å². The zero-order valence-electron chi connectivity index (χ0n) is 15.0. The van der Waals surface area contributed by atoms with Gasteiger partial charge in [-0.25, -0.2) is 4.79 Å². The van der Waals surface area contributed by atoms with Gasteiger partial charge in [0.1, 0.15) is 5.69 Å². The number of carboxylic acid groups (broad SMARTS) is 1. The fourth-order valence-electron chi connectivity index (χ4n) is 2.64. The van der Waals surface area contributed by atoms with E-state index in [1.807, 2.05) is 0 Å². The number of carbonyl (C=O) groups excluding carboxylic acids is 1. The average molecular weight is 442 g/mol. The Morgan fingerprint density at radius 3 is 2.37 bits per heavy atom. The zero-order chi connectivity index (χ0) is 20.1. The molecule has 27 heavy (non-hydrogen) atoms. The van der Waals surface area contributed by atoms with Gasteiger partial charge < -0.3 is 35.4 Å². The number of carbonyl (C=O) groups is 2. The van der Waals surface area contributed by atoms with Gasteiger partial charge in [-0.1, -0.05) is 0 Å². The molecule has 0 atom stereocenters. The fourth-order valence-corrected chi connectivity index (χ4v) is 3.37. The van der Waals surface area contributed by atoms with Crippen LogP contribution in [0.1, 0.15) is 16.2 Å². The van der Waals surface area contributed by atoms with Gasteiger partial charge in [-0.15, -0.1) is 0 Å². The standard InChI is InChI=1S/C17H20BrN3O6/c1-25-10-5-4-8(15(26-2)16(10)27-3)12-9(7-20-11(22)6-19)21-14(13(12)18)17(23)24/h4-5,21H,6-7,19H2,1-3H3,(H,20,22)(H,23,24). The number of rotatable bonds is 8. The first kappa shape index (κ1) is 20.6. The van der Waals surface area contributed by atoms with Gasteiger partial charge in [-0.05, 0) is 28.1 Å². The van der Waals surface area contributed by atoms with E-state index < -0.39 is 5.97 Å². The minimum atomic E-state index is -1.15. The monoisotopic (exact) mass is 441 g/mol. The Balaban J connectivity index is 2.69. The molecule has 146 valence electrons. The number of aromatic nitrogens is 1. The van der Waals surface area contributed by atoms with Gasteiger partial charge in [0.05, 0.1) is 38.9 Å². The van der Waals surface area contributed by atoms with Crippen LogP contribution < -0.4 is 25.3 Å². The Bertz CT molecular complexity index is 865. The SMILES string of the molecule is COc1ccc(-c2c(CNC(=O)CN)[nH]c(C(=O)O)c2Br)c(OC)c1OC. The second kappa shape index (κ2) is 8.78. The highest BCUT2D eigenvalue weighted by molar-refractivity contribution is 9.10. The van der Waals surface area contributed by atoms with Crippen molar-refractivity contribution in [1.29, 1.82) is 0 Å². The summed E-state index contributed by atoms with van der Waals surface area (Å²) in [6.45, 7) is -0.128. The van der Waals surface area contributed by atoms with Crippen molar-refractivity contribution in [3.05, 3.63) is 28.0 Å². The Labute approximate surface area is 163 Å². The normalized spacial score (nSPS) is 10.4. The zero-order valence-corrected chi connectivity index (χ0v) is 16.6. The smallest absolute Gasteiger partial charge is 0.353 e. The number of H-pyrrole nitrogens is 1. The van der Waals surface area contributed by atoms with Crippen LogP contribution in [0.4, 0.5) is 0 Å². The van der Waals surface area contributed by atoms with Crippen LogP contribution in [0.15, 0.2) is 16.6 Å². The van der Waals surface area contributed by atoms with E-state index in [-0.39, 0.29) is 24.7 Å². The summed E-state index contributed by atoms with van der Waals surface area (Å²) in [5.41, 5.74) is 6.79. The number of amides is 1. The van der Waals surface area contributed by atoms with Crippen molar-refractivity contribution in [1.82, 2.24) is 10.3 Å². The molecular weight excluding hydrogens is 422 g/mol. The summed E-state index contributed by atoms with van der Waals surface area (Å²) in [5, 5.41) is 12.1. The summed E-state index contributed by atoms with van der Waals surface area (Å²) in [6.07, 6.45) is 0. The van der Waals surface area contributed by atoms with E-state index >= 15 is 0 Å². The summed E-state index contributed by atoms with van der Waals surface area (Å²) in [7, 11) is 4.44. The summed E-state index contributed by atoms with van der Waals surface area (Å²) >= 11 is 3.33. The number of hydrogen-bond donors (Lipinski definition) is 4. The third-order valence-electron chi connectivity index (χ3n) is 3.85. The van der Waals surface area contributed by atoms with Gasteiger partial charge >= 0.3 is 5.97 Å². The third kappa shape index (κ3) is 4.01. The number of methoxy groups -OCH3 is 3. The number of aromatic carboxylic acids is 1. The third-order valence-corrected chi connectivity index (χ3v) is 4.64. The number of aromatic amines is 1. The number of nitrogens with two attached hydrogens (primary N) is 1. The van der Waals surface area contributed by atoms with Gasteiger partial charge in [0, 0.05) is 16.8 Å². The van der Waals surface area contributed by atoms with Crippen LogP contribution in [0, 0.1) is 0 Å². The van der Waals surface area contributed by atoms with Crippen molar-refractivity contribution in [2.24, 2.45) is 5.73 Å². The Morgan fingerprint density at radius 2 is 1.85 bits per heavy atom.